The summed E-state index contributed by atoms with van der Waals surface area (Å²) in [7, 11) is 0. The zero-order chi connectivity index (χ0) is 9.42. The Hall–Kier alpha value is -1.06. The monoisotopic (exact) mass is 182 g/mol. The Labute approximate surface area is 77.1 Å². The molecule has 1 unspecified atom stereocenters. The molecule has 2 aliphatic rings. The van der Waals surface area contributed by atoms with Crippen LogP contribution in [0.1, 0.15) is 25.7 Å². The van der Waals surface area contributed by atoms with E-state index in [1.807, 2.05) is 4.90 Å². The second-order valence-corrected chi connectivity index (χ2v) is 3.93. The van der Waals surface area contributed by atoms with Gasteiger partial charge in [0.1, 0.15) is 0 Å². The fraction of sp³-hybridized carbons (Fsp3) is 0.778. The molecule has 0 radical (unpaired) electrons. The molecule has 0 bridgehead atoms. The van der Waals surface area contributed by atoms with Gasteiger partial charge >= 0.3 is 0 Å². The first-order valence-corrected chi connectivity index (χ1v) is 4.77. The Morgan fingerprint density at radius 3 is 2.54 bits per heavy atom. The quantitative estimate of drug-likeness (QED) is 0.646. The largest absolute Gasteiger partial charge is 0.369 e. The molecule has 2 rings (SSSR count). The van der Waals surface area contributed by atoms with Crippen molar-refractivity contribution in [2.24, 2.45) is 11.7 Å². The van der Waals surface area contributed by atoms with Crippen LogP contribution in [0, 0.1) is 5.92 Å². The second kappa shape index (κ2) is 3.01. The van der Waals surface area contributed by atoms with Gasteiger partial charge in [-0.1, -0.05) is 0 Å². The topological polar surface area (TPSA) is 63.4 Å². The Kier molecular flexibility index (Phi) is 1.98. The molecule has 2 fully saturated rings. The highest BCUT2D eigenvalue weighted by molar-refractivity contribution is 5.88. The van der Waals surface area contributed by atoms with Crippen LogP contribution in [-0.4, -0.2) is 29.3 Å². The van der Waals surface area contributed by atoms with Crippen LogP contribution >= 0.6 is 0 Å². The van der Waals surface area contributed by atoms with Crippen LogP contribution < -0.4 is 5.73 Å². The van der Waals surface area contributed by atoms with Crippen LogP contribution in [0.15, 0.2) is 0 Å². The highest BCUT2D eigenvalue weighted by Gasteiger charge is 2.38. The van der Waals surface area contributed by atoms with Crippen molar-refractivity contribution in [1.29, 1.82) is 0 Å². The maximum atomic E-state index is 11.4. The van der Waals surface area contributed by atoms with E-state index in [1.54, 1.807) is 0 Å². The zero-order valence-electron chi connectivity index (χ0n) is 7.53. The molecule has 1 aliphatic heterocycles. The third-order valence-electron chi connectivity index (χ3n) is 3.08. The molecule has 2 amide bonds. The van der Waals surface area contributed by atoms with E-state index < -0.39 is 0 Å². The number of primary amides is 1. The Morgan fingerprint density at radius 1 is 1.46 bits per heavy atom. The summed E-state index contributed by atoms with van der Waals surface area (Å²) in [6.07, 6.45) is 3.72. The average Bonchev–Trinajstić information content (AvgIpc) is 2.29. The maximum absolute atomic E-state index is 11.4. The molecule has 1 saturated carbocycles. The first-order chi connectivity index (χ1) is 6.18. The molecule has 0 aromatic heterocycles. The molecule has 0 aromatic carbocycles. The summed E-state index contributed by atoms with van der Waals surface area (Å²) in [5.74, 6) is -0.475. The average molecular weight is 182 g/mol. The van der Waals surface area contributed by atoms with Gasteiger partial charge in [0, 0.05) is 19.0 Å². The number of carbonyl (C=O) groups is 2. The standard InChI is InChI=1S/C9H14N2O2/c10-9(13)6-4-8(12)11(5-6)7-2-1-3-7/h6-7H,1-5H2,(H2,10,13). The second-order valence-electron chi connectivity index (χ2n) is 3.93. The first kappa shape index (κ1) is 8.53. The van der Waals surface area contributed by atoms with Crippen molar-refractivity contribution < 1.29 is 9.59 Å². The molecule has 0 spiro atoms. The van der Waals surface area contributed by atoms with Crippen LogP contribution in [0.5, 0.6) is 0 Å². The van der Waals surface area contributed by atoms with Crippen LogP contribution in [0.2, 0.25) is 0 Å². The molecule has 1 heterocycles. The van der Waals surface area contributed by atoms with Gasteiger partial charge < -0.3 is 10.6 Å². The summed E-state index contributed by atoms with van der Waals surface area (Å²) in [5, 5.41) is 0. The predicted octanol–water partition coefficient (Wildman–Crippen LogP) is -0.127. The minimum Gasteiger partial charge on any atom is -0.369 e. The van der Waals surface area contributed by atoms with Gasteiger partial charge in [0.25, 0.3) is 0 Å². The van der Waals surface area contributed by atoms with E-state index in [1.165, 1.54) is 6.42 Å². The molecule has 72 valence electrons. The van der Waals surface area contributed by atoms with E-state index in [-0.39, 0.29) is 17.7 Å². The Morgan fingerprint density at radius 2 is 2.15 bits per heavy atom. The summed E-state index contributed by atoms with van der Waals surface area (Å²) < 4.78 is 0. The number of nitrogens with zero attached hydrogens (tertiary/aromatic N) is 1. The number of rotatable bonds is 2. The number of hydrogen-bond donors (Lipinski definition) is 1. The lowest BCUT2D eigenvalue weighted by Gasteiger charge is -2.34. The number of carbonyl (C=O) groups excluding carboxylic acids is 2. The first-order valence-electron chi connectivity index (χ1n) is 4.77. The van der Waals surface area contributed by atoms with Crippen LogP contribution in [0.4, 0.5) is 0 Å². The lowest BCUT2D eigenvalue weighted by Crippen LogP contribution is -2.41. The lowest BCUT2D eigenvalue weighted by atomic mass is 9.92. The minimum atomic E-state index is -0.338. The molecule has 0 aromatic rings. The fourth-order valence-corrected chi connectivity index (χ4v) is 1.97. The molecule has 4 heteroatoms. The van der Waals surface area contributed by atoms with E-state index >= 15 is 0 Å². The van der Waals surface area contributed by atoms with Gasteiger partial charge in [-0.05, 0) is 19.3 Å². The van der Waals surface area contributed by atoms with Crippen molar-refractivity contribution >= 4 is 11.8 Å². The van der Waals surface area contributed by atoms with E-state index in [4.69, 9.17) is 5.73 Å². The van der Waals surface area contributed by atoms with Crippen molar-refractivity contribution in [1.82, 2.24) is 4.90 Å². The van der Waals surface area contributed by atoms with Crippen LogP contribution in [-0.2, 0) is 9.59 Å². The number of likely N-dealkylation sites (tertiary alicyclic amines) is 1. The van der Waals surface area contributed by atoms with E-state index in [9.17, 15) is 9.59 Å². The minimum absolute atomic E-state index is 0.105. The molecule has 4 nitrogen and oxygen atoms in total. The van der Waals surface area contributed by atoms with E-state index in [0.29, 0.717) is 19.0 Å². The van der Waals surface area contributed by atoms with Crippen molar-refractivity contribution in [2.75, 3.05) is 6.54 Å². The number of hydrogen-bond acceptors (Lipinski definition) is 2. The van der Waals surface area contributed by atoms with E-state index in [2.05, 4.69) is 0 Å². The van der Waals surface area contributed by atoms with Crippen molar-refractivity contribution in [3.63, 3.8) is 0 Å². The van der Waals surface area contributed by atoms with Gasteiger partial charge in [0.2, 0.25) is 11.8 Å². The highest BCUT2D eigenvalue weighted by Crippen LogP contribution is 2.30. The molecule has 1 saturated heterocycles. The lowest BCUT2D eigenvalue weighted by molar-refractivity contribution is -0.131. The van der Waals surface area contributed by atoms with Crippen molar-refractivity contribution in [3.05, 3.63) is 0 Å². The fourth-order valence-electron chi connectivity index (χ4n) is 1.97. The van der Waals surface area contributed by atoms with Gasteiger partial charge in [-0.2, -0.15) is 0 Å². The smallest absolute Gasteiger partial charge is 0.223 e. The molecule has 1 aliphatic carbocycles. The van der Waals surface area contributed by atoms with Gasteiger partial charge in [-0.3, -0.25) is 9.59 Å². The zero-order valence-corrected chi connectivity index (χ0v) is 7.53. The van der Waals surface area contributed by atoms with Crippen LogP contribution in [0.25, 0.3) is 0 Å². The van der Waals surface area contributed by atoms with Gasteiger partial charge in [0.15, 0.2) is 0 Å². The maximum Gasteiger partial charge on any atom is 0.223 e. The van der Waals surface area contributed by atoms with E-state index in [0.717, 1.165) is 12.8 Å². The predicted molar refractivity (Wildman–Crippen MR) is 46.7 cm³/mol. The summed E-state index contributed by atoms with van der Waals surface area (Å²) in [6, 6.07) is 0.400. The van der Waals surface area contributed by atoms with Crippen LogP contribution in [0.3, 0.4) is 0 Å². The molecular weight excluding hydrogens is 168 g/mol. The SMILES string of the molecule is NC(=O)C1CC(=O)N(C2CCC2)C1. The van der Waals surface area contributed by atoms with Crippen molar-refractivity contribution in [3.8, 4) is 0 Å². The summed E-state index contributed by atoms with van der Waals surface area (Å²) >= 11 is 0. The third kappa shape index (κ3) is 1.41. The van der Waals surface area contributed by atoms with Gasteiger partial charge in [-0.25, -0.2) is 0 Å². The summed E-state index contributed by atoms with van der Waals surface area (Å²) in [6.45, 7) is 0.554. The van der Waals surface area contributed by atoms with Gasteiger partial charge in [0.05, 0.1) is 5.92 Å². The highest BCUT2D eigenvalue weighted by atomic mass is 16.2. The number of nitrogens with two attached hydrogens (primary N) is 1. The van der Waals surface area contributed by atoms with Crippen molar-refractivity contribution in [2.45, 2.75) is 31.7 Å². The molecule has 2 N–H and O–H groups in total. The summed E-state index contributed by atoms with van der Waals surface area (Å²) in [4.78, 5) is 24.1. The molecule has 13 heavy (non-hydrogen) atoms. The Bertz CT molecular complexity index is 248. The Balaban J connectivity index is 1.98. The number of amides is 2. The molecule has 1 atom stereocenters. The summed E-state index contributed by atoms with van der Waals surface area (Å²) in [5.41, 5.74) is 5.16. The third-order valence-corrected chi connectivity index (χ3v) is 3.08. The van der Waals surface area contributed by atoms with Gasteiger partial charge in [-0.15, -0.1) is 0 Å². The normalized spacial score (nSPS) is 29.1. The molecular formula is C9H14N2O2.